The molecule has 1 aromatic rings. The van der Waals surface area contributed by atoms with E-state index in [2.05, 4.69) is 19.2 Å². The van der Waals surface area contributed by atoms with E-state index in [9.17, 15) is 4.79 Å². The quantitative estimate of drug-likeness (QED) is 0.805. The molecule has 0 radical (unpaired) electrons. The second-order valence-corrected chi connectivity index (χ2v) is 5.20. The number of hydrogen-bond donors (Lipinski definition) is 2. The van der Waals surface area contributed by atoms with E-state index >= 15 is 0 Å². The van der Waals surface area contributed by atoms with Gasteiger partial charge in [-0.15, -0.1) is 0 Å². The Hall–Kier alpha value is -1.71. The molecule has 1 aromatic carbocycles. The van der Waals surface area contributed by atoms with Gasteiger partial charge in [-0.05, 0) is 38.0 Å². The summed E-state index contributed by atoms with van der Waals surface area (Å²) >= 11 is 0. The van der Waals surface area contributed by atoms with Crippen molar-refractivity contribution in [3.63, 3.8) is 0 Å². The number of carbonyl (C=O) groups excluding carboxylic acids is 1. The lowest BCUT2D eigenvalue weighted by Gasteiger charge is -2.28. The van der Waals surface area contributed by atoms with Gasteiger partial charge in [-0.25, -0.2) is 4.79 Å². The summed E-state index contributed by atoms with van der Waals surface area (Å²) in [6.45, 7) is 8.97. The number of nitrogens with one attached hydrogen (secondary N) is 1. The fourth-order valence-corrected chi connectivity index (χ4v) is 1.73. The van der Waals surface area contributed by atoms with E-state index in [1.54, 1.807) is 12.1 Å². The van der Waals surface area contributed by atoms with Gasteiger partial charge in [-0.1, -0.05) is 19.9 Å². The summed E-state index contributed by atoms with van der Waals surface area (Å²) < 4.78 is 0. The Morgan fingerprint density at radius 3 is 2.50 bits per heavy atom. The molecule has 18 heavy (non-hydrogen) atoms. The first-order chi connectivity index (χ1) is 8.40. The van der Waals surface area contributed by atoms with Gasteiger partial charge in [0, 0.05) is 24.0 Å². The van der Waals surface area contributed by atoms with E-state index < -0.39 is 0 Å². The Kier molecular flexibility index (Phi) is 5.01. The zero-order valence-corrected chi connectivity index (χ0v) is 11.6. The zero-order valence-electron chi connectivity index (χ0n) is 11.6. The largest absolute Gasteiger partial charge is 0.399 e. The molecule has 0 saturated carbocycles. The SMILES string of the molecule is CC(C)CN(C(=O)Nc1cccc(N)c1)C(C)C. The Bertz CT molecular complexity index is 402. The molecule has 0 fully saturated rings. The lowest BCUT2D eigenvalue weighted by atomic mass is 10.2. The van der Waals surface area contributed by atoms with Crippen LogP contribution in [0.1, 0.15) is 27.7 Å². The third-order valence-corrected chi connectivity index (χ3v) is 2.58. The molecular weight excluding hydrogens is 226 g/mol. The molecule has 4 nitrogen and oxygen atoms in total. The van der Waals surface area contributed by atoms with Crippen LogP contribution in [0.3, 0.4) is 0 Å². The van der Waals surface area contributed by atoms with Crippen molar-refractivity contribution in [3.8, 4) is 0 Å². The molecule has 0 aliphatic carbocycles. The number of nitrogen functional groups attached to an aromatic ring is 1. The number of amides is 2. The lowest BCUT2D eigenvalue weighted by molar-refractivity contribution is 0.188. The van der Waals surface area contributed by atoms with Crippen LogP contribution in [0.25, 0.3) is 0 Å². The predicted molar refractivity (Wildman–Crippen MR) is 76.6 cm³/mol. The summed E-state index contributed by atoms with van der Waals surface area (Å²) in [5.74, 6) is 0.444. The number of carbonyl (C=O) groups is 1. The van der Waals surface area contributed by atoms with Crippen LogP contribution in [0.4, 0.5) is 16.2 Å². The molecule has 0 aromatic heterocycles. The van der Waals surface area contributed by atoms with Crippen LogP contribution in [-0.2, 0) is 0 Å². The second-order valence-electron chi connectivity index (χ2n) is 5.20. The number of urea groups is 1. The van der Waals surface area contributed by atoms with Crippen molar-refractivity contribution >= 4 is 17.4 Å². The van der Waals surface area contributed by atoms with E-state index in [-0.39, 0.29) is 12.1 Å². The van der Waals surface area contributed by atoms with E-state index in [1.807, 2.05) is 30.9 Å². The Balaban J connectivity index is 2.72. The maximum absolute atomic E-state index is 12.2. The predicted octanol–water partition coefficient (Wildman–Crippen LogP) is 3.17. The third-order valence-electron chi connectivity index (χ3n) is 2.58. The summed E-state index contributed by atoms with van der Waals surface area (Å²) in [4.78, 5) is 14.0. The minimum atomic E-state index is -0.0794. The summed E-state index contributed by atoms with van der Waals surface area (Å²) in [6, 6.07) is 7.31. The molecule has 3 N–H and O–H groups in total. The topological polar surface area (TPSA) is 58.4 Å². The average Bonchev–Trinajstić information content (AvgIpc) is 2.25. The first-order valence-electron chi connectivity index (χ1n) is 6.33. The molecule has 0 aliphatic rings. The Morgan fingerprint density at radius 2 is 2.00 bits per heavy atom. The van der Waals surface area contributed by atoms with Gasteiger partial charge in [-0.2, -0.15) is 0 Å². The maximum atomic E-state index is 12.2. The average molecular weight is 249 g/mol. The zero-order chi connectivity index (χ0) is 13.7. The van der Waals surface area contributed by atoms with Crippen molar-refractivity contribution in [3.05, 3.63) is 24.3 Å². The minimum absolute atomic E-state index is 0.0794. The van der Waals surface area contributed by atoms with Crippen molar-refractivity contribution in [2.45, 2.75) is 33.7 Å². The third kappa shape index (κ3) is 4.28. The van der Waals surface area contributed by atoms with Gasteiger partial charge in [0.1, 0.15) is 0 Å². The highest BCUT2D eigenvalue weighted by molar-refractivity contribution is 5.90. The molecule has 1 rings (SSSR count). The normalized spacial score (nSPS) is 10.8. The van der Waals surface area contributed by atoms with Crippen molar-refractivity contribution in [2.24, 2.45) is 5.92 Å². The molecule has 0 spiro atoms. The van der Waals surface area contributed by atoms with Crippen molar-refractivity contribution in [2.75, 3.05) is 17.6 Å². The highest BCUT2D eigenvalue weighted by Crippen LogP contribution is 2.14. The molecule has 0 saturated heterocycles. The van der Waals surface area contributed by atoms with Gasteiger partial charge in [0.15, 0.2) is 0 Å². The van der Waals surface area contributed by atoms with Crippen molar-refractivity contribution in [1.82, 2.24) is 4.90 Å². The van der Waals surface area contributed by atoms with Crippen LogP contribution in [0.2, 0.25) is 0 Å². The minimum Gasteiger partial charge on any atom is -0.399 e. The fourth-order valence-electron chi connectivity index (χ4n) is 1.73. The van der Waals surface area contributed by atoms with Crippen LogP contribution in [0, 0.1) is 5.92 Å². The highest BCUT2D eigenvalue weighted by atomic mass is 16.2. The van der Waals surface area contributed by atoms with Crippen LogP contribution in [0.15, 0.2) is 24.3 Å². The monoisotopic (exact) mass is 249 g/mol. The summed E-state index contributed by atoms with van der Waals surface area (Å²) in [6.07, 6.45) is 0. The van der Waals surface area contributed by atoms with Crippen LogP contribution >= 0.6 is 0 Å². The highest BCUT2D eigenvalue weighted by Gasteiger charge is 2.17. The number of hydrogen-bond acceptors (Lipinski definition) is 2. The summed E-state index contributed by atoms with van der Waals surface area (Å²) in [5.41, 5.74) is 7.06. The molecule has 0 bridgehead atoms. The molecule has 4 heteroatoms. The molecule has 100 valence electrons. The van der Waals surface area contributed by atoms with Gasteiger partial charge < -0.3 is 16.0 Å². The number of anilines is 2. The Morgan fingerprint density at radius 1 is 1.33 bits per heavy atom. The molecule has 0 aliphatic heterocycles. The molecule has 0 heterocycles. The first kappa shape index (κ1) is 14.4. The molecular formula is C14H23N3O. The molecule has 0 unspecified atom stereocenters. The maximum Gasteiger partial charge on any atom is 0.322 e. The van der Waals surface area contributed by atoms with Gasteiger partial charge >= 0.3 is 6.03 Å². The smallest absolute Gasteiger partial charge is 0.322 e. The fraction of sp³-hybridized carbons (Fsp3) is 0.500. The van der Waals surface area contributed by atoms with Gasteiger partial charge in [-0.3, -0.25) is 0 Å². The van der Waals surface area contributed by atoms with Gasteiger partial charge in [0.05, 0.1) is 0 Å². The molecule has 0 atom stereocenters. The van der Waals surface area contributed by atoms with E-state index in [0.717, 1.165) is 12.2 Å². The van der Waals surface area contributed by atoms with E-state index in [4.69, 9.17) is 5.73 Å². The standard InChI is InChI=1S/C14H23N3O/c1-10(2)9-17(11(3)4)14(18)16-13-7-5-6-12(15)8-13/h5-8,10-11H,9,15H2,1-4H3,(H,16,18). The lowest BCUT2D eigenvalue weighted by Crippen LogP contribution is -2.42. The van der Waals surface area contributed by atoms with Crippen LogP contribution in [0.5, 0.6) is 0 Å². The van der Waals surface area contributed by atoms with Gasteiger partial charge in [0.2, 0.25) is 0 Å². The first-order valence-corrected chi connectivity index (χ1v) is 6.33. The second kappa shape index (κ2) is 6.28. The summed E-state index contributed by atoms with van der Waals surface area (Å²) in [7, 11) is 0. The number of nitrogens with zero attached hydrogens (tertiary/aromatic N) is 1. The number of benzene rings is 1. The van der Waals surface area contributed by atoms with E-state index in [1.165, 1.54) is 0 Å². The molecule has 2 amide bonds. The number of nitrogens with two attached hydrogens (primary N) is 1. The van der Waals surface area contributed by atoms with Crippen LogP contribution < -0.4 is 11.1 Å². The van der Waals surface area contributed by atoms with Crippen molar-refractivity contribution in [1.29, 1.82) is 0 Å². The van der Waals surface area contributed by atoms with Crippen LogP contribution in [-0.4, -0.2) is 23.5 Å². The summed E-state index contributed by atoms with van der Waals surface area (Å²) in [5, 5.41) is 2.88. The number of rotatable bonds is 4. The Labute approximate surface area is 109 Å². The van der Waals surface area contributed by atoms with Crippen molar-refractivity contribution < 1.29 is 4.79 Å². The van der Waals surface area contributed by atoms with Gasteiger partial charge in [0.25, 0.3) is 0 Å². The van der Waals surface area contributed by atoms with E-state index in [0.29, 0.717) is 11.6 Å².